The van der Waals surface area contributed by atoms with E-state index in [1.165, 1.54) is 6.08 Å². The number of hydrogen-bond acceptors (Lipinski definition) is 3. The Bertz CT molecular complexity index is 600. The van der Waals surface area contributed by atoms with Crippen LogP contribution >= 0.6 is 23.2 Å². The van der Waals surface area contributed by atoms with Gasteiger partial charge in [0.25, 0.3) is 0 Å². The van der Waals surface area contributed by atoms with Gasteiger partial charge in [-0.15, -0.1) is 0 Å². The molecule has 1 amide bonds. The zero-order valence-corrected chi connectivity index (χ0v) is 15.7. The van der Waals surface area contributed by atoms with E-state index >= 15 is 0 Å². The summed E-state index contributed by atoms with van der Waals surface area (Å²) < 4.78 is 5.14. The fourth-order valence-corrected chi connectivity index (χ4v) is 2.48. The number of amides is 1. The predicted octanol–water partition coefficient (Wildman–Crippen LogP) is 4.49. The average molecular weight is 372 g/mol. The molecule has 0 fully saturated rings. The van der Waals surface area contributed by atoms with Crippen LogP contribution < -0.4 is 5.32 Å². The van der Waals surface area contributed by atoms with Crippen molar-refractivity contribution in [1.82, 2.24) is 5.32 Å². The number of esters is 1. The molecule has 6 heteroatoms. The molecule has 0 aromatic heterocycles. The molecule has 0 heterocycles. The second-order valence-electron chi connectivity index (χ2n) is 5.86. The van der Waals surface area contributed by atoms with Gasteiger partial charge in [0.05, 0.1) is 6.61 Å². The molecule has 0 unspecified atom stereocenters. The lowest BCUT2D eigenvalue weighted by Gasteiger charge is -2.18. The molecule has 0 saturated heterocycles. The number of carbonyl (C=O) groups excluding carboxylic acids is 2. The van der Waals surface area contributed by atoms with Gasteiger partial charge in [-0.2, -0.15) is 0 Å². The van der Waals surface area contributed by atoms with Crippen molar-refractivity contribution in [2.75, 3.05) is 6.61 Å². The molecule has 0 aliphatic heterocycles. The van der Waals surface area contributed by atoms with Crippen LogP contribution in [0.1, 0.15) is 39.2 Å². The lowest BCUT2D eigenvalue weighted by Crippen LogP contribution is -2.42. The maximum atomic E-state index is 12.1. The molecule has 0 bridgehead atoms. The number of ether oxygens (including phenoxy) is 1. The maximum Gasteiger partial charge on any atom is 0.328 e. The first kappa shape index (κ1) is 20.5. The topological polar surface area (TPSA) is 55.4 Å². The summed E-state index contributed by atoms with van der Waals surface area (Å²) in [4.78, 5) is 24.1. The van der Waals surface area contributed by atoms with Crippen molar-refractivity contribution in [1.29, 1.82) is 0 Å². The Morgan fingerprint density at radius 1 is 1.29 bits per heavy atom. The Morgan fingerprint density at radius 2 is 2.00 bits per heavy atom. The van der Waals surface area contributed by atoms with E-state index in [1.807, 2.05) is 20.8 Å². The van der Waals surface area contributed by atoms with Crippen LogP contribution in [0, 0.1) is 5.92 Å². The summed E-state index contributed by atoms with van der Waals surface area (Å²) in [6.45, 7) is 6.23. The van der Waals surface area contributed by atoms with Gasteiger partial charge in [0.1, 0.15) is 6.04 Å². The molecule has 0 aliphatic carbocycles. The summed E-state index contributed by atoms with van der Waals surface area (Å²) in [5, 5.41) is 3.67. The van der Waals surface area contributed by atoms with Crippen LogP contribution in [0.15, 0.2) is 24.3 Å². The van der Waals surface area contributed by atoms with E-state index in [4.69, 9.17) is 27.9 Å². The molecular formula is C18H23Cl2NO3. The third kappa shape index (κ3) is 7.37. The second kappa shape index (κ2) is 10.4. The van der Waals surface area contributed by atoms with Crippen LogP contribution in [0.2, 0.25) is 10.0 Å². The molecule has 24 heavy (non-hydrogen) atoms. The van der Waals surface area contributed by atoms with E-state index in [9.17, 15) is 9.59 Å². The van der Waals surface area contributed by atoms with Crippen LogP contribution in [-0.4, -0.2) is 24.5 Å². The molecule has 4 nitrogen and oxygen atoms in total. The summed E-state index contributed by atoms with van der Waals surface area (Å²) in [6.07, 6.45) is 4.18. The fraction of sp³-hybridized carbons (Fsp3) is 0.444. The molecular weight excluding hydrogens is 349 g/mol. The molecule has 1 aromatic carbocycles. The first-order chi connectivity index (χ1) is 11.3. The number of benzene rings is 1. The third-order valence-electron chi connectivity index (χ3n) is 3.13. The largest absolute Gasteiger partial charge is 0.464 e. The van der Waals surface area contributed by atoms with Gasteiger partial charge in [-0.3, -0.25) is 4.79 Å². The standard InChI is InChI=1S/C18H23Cl2NO3/c1-4-9-24-18(23)16(10-12(2)3)21-17(22)8-6-13-5-7-14(19)11-15(13)20/h5-8,11-12,16H,4,9-10H2,1-3H3,(H,21,22)/b8-6+/t16-/m0/s1. The molecule has 0 saturated carbocycles. The van der Waals surface area contributed by atoms with Gasteiger partial charge in [0.2, 0.25) is 5.91 Å². The molecule has 1 atom stereocenters. The number of carbonyl (C=O) groups is 2. The fourth-order valence-electron chi connectivity index (χ4n) is 2.01. The Morgan fingerprint density at radius 3 is 2.58 bits per heavy atom. The molecule has 0 radical (unpaired) electrons. The molecule has 1 aromatic rings. The van der Waals surface area contributed by atoms with Gasteiger partial charge in [-0.1, -0.05) is 50.0 Å². The third-order valence-corrected chi connectivity index (χ3v) is 3.70. The van der Waals surface area contributed by atoms with E-state index < -0.39 is 12.0 Å². The minimum absolute atomic E-state index is 0.249. The summed E-state index contributed by atoms with van der Waals surface area (Å²) in [5.74, 6) is -0.531. The van der Waals surface area contributed by atoms with Crippen molar-refractivity contribution < 1.29 is 14.3 Å². The Balaban J connectivity index is 2.72. The van der Waals surface area contributed by atoms with E-state index in [1.54, 1.807) is 24.3 Å². The van der Waals surface area contributed by atoms with Crippen LogP contribution in [0.3, 0.4) is 0 Å². The van der Waals surface area contributed by atoms with Crippen molar-refractivity contribution in [3.63, 3.8) is 0 Å². The van der Waals surface area contributed by atoms with Crippen LogP contribution in [0.5, 0.6) is 0 Å². The van der Waals surface area contributed by atoms with Crippen molar-refractivity contribution in [2.24, 2.45) is 5.92 Å². The molecule has 132 valence electrons. The van der Waals surface area contributed by atoms with Crippen molar-refractivity contribution in [3.05, 3.63) is 39.9 Å². The first-order valence-corrected chi connectivity index (χ1v) is 8.69. The van der Waals surface area contributed by atoms with E-state index in [0.29, 0.717) is 28.6 Å². The molecule has 1 rings (SSSR count). The van der Waals surface area contributed by atoms with Gasteiger partial charge in [0.15, 0.2) is 0 Å². The summed E-state index contributed by atoms with van der Waals surface area (Å²) >= 11 is 11.9. The number of rotatable bonds is 8. The average Bonchev–Trinajstić information content (AvgIpc) is 2.50. The lowest BCUT2D eigenvalue weighted by molar-refractivity contribution is -0.148. The van der Waals surface area contributed by atoms with Gasteiger partial charge >= 0.3 is 5.97 Å². The molecule has 0 spiro atoms. The smallest absolute Gasteiger partial charge is 0.328 e. The van der Waals surface area contributed by atoms with Gasteiger partial charge in [-0.25, -0.2) is 4.79 Å². The monoisotopic (exact) mass is 371 g/mol. The summed E-state index contributed by atoms with van der Waals surface area (Å²) in [6, 6.07) is 4.35. The summed E-state index contributed by atoms with van der Waals surface area (Å²) in [7, 11) is 0. The summed E-state index contributed by atoms with van der Waals surface area (Å²) in [5.41, 5.74) is 0.671. The van der Waals surface area contributed by atoms with Crippen molar-refractivity contribution in [3.8, 4) is 0 Å². The van der Waals surface area contributed by atoms with Gasteiger partial charge in [0, 0.05) is 16.1 Å². The lowest BCUT2D eigenvalue weighted by atomic mass is 10.0. The van der Waals surface area contributed by atoms with E-state index in [2.05, 4.69) is 5.32 Å². The zero-order valence-electron chi connectivity index (χ0n) is 14.1. The minimum Gasteiger partial charge on any atom is -0.464 e. The van der Waals surface area contributed by atoms with Crippen LogP contribution in [0.4, 0.5) is 0 Å². The number of nitrogens with one attached hydrogen (secondary N) is 1. The van der Waals surface area contributed by atoms with Crippen molar-refractivity contribution >= 4 is 41.2 Å². The van der Waals surface area contributed by atoms with Gasteiger partial charge in [-0.05, 0) is 42.5 Å². The molecule has 1 N–H and O–H groups in total. The number of halogens is 2. The normalized spacial score (nSPS) is 12.4. The van der Waals surface area contributed by atoms with Crippen LogP contribution in [-0.2, 0) is 14.3 Å². The Kier molecular flexibility index (Phi) is 8.87. The number of hydrogen-bond donors (Lipinski definition) is 1. The quantitative estimate of drug-likeness (QED) is 0.540. The van der Waals surface area contributed by atoms with Gasteiger partial charge < -0.3 is 10.1 Å². The zero-order chi connectivity index (χ0) is 18.1. The Hall–Kier alpha value is -1.52. The first-order valence-electron chi connectivity index (χ1n) is 7.93. The predicted molar refractivity (Wildman–Crippen MR) is 98.1 cm³/mol. The highest BCUT2D eigenvalue weighted by atomic mass is 35.5. The van der Waals surface area contributed by atoms with Crippen molar-refractivity contribution in [2.45, 2.75) is 39.7 Å². The minimum atomic E-state index is -0.658. The highest BCUT2D eigenvalue weighted by Crippen LogP contribution is 2.21. The molecule has 0 aliphatic rings. The second-order valence-corrected chi connectivity index (χ2v) is 6.70. The highest BCUT2D eigenvalue weighted by Gasteiger charge is 2.22. The Labute approximate surface area is 153 Å². The van der Waals surface area contributed by atoms with E-state index in [0.717, 1.165) is 6.42 Å². The maximum absolute atomic E-state index is 12.1. The van der Waals surface area contributed by atoms with E-state index in [-0.39, 0.29) is 11.8 Å². The SMILES string of the molecule is CCCOC(=O)[C@H](CC(C)C)NC(=O)/C=C/c1ccc(Cl)cc1Cl. The van der Waals surface area contributed by atoms with Crippen LogP contribution in [0.25, 0.3) is 6.08 Å². The highest BCUT2D eigenvalue weighted by molar-refractivity contribution is 6.35.